The first kappa shape index (κ1) is 19.0. The van der Waals surface area contributed by atoms with E-state index in [2.05, 4.69) is 41.5 Å². The van der Waals surface area contributed by atoms with Gasteiger partial charge in [0.05, 0.1) is 7.11 Å². The van der Waals surface area contributed by atoms with Gasteiger partial charge in [-0.3, -0.25) is 4.90 Å². The normalized spacial score (nSPS) is 15.8. The molecule has 2 N–H and O–H groups in total. The average molecular weight is 350 g/mol. The molecule has 1 saturated heterocycles. The predicted molar refractivity (Wildman–Crippen MR) is 105 cm³/mol. The van der Waals surface area contributed by atoms with Crippen LogP contribution in [0.4, 0.5) is 0 Å². The van der Waals surface area contributed by atoms with Crippen LogP contribution in [0.5, 0.6) is 5.75 Å². The second-order valence-corrected chi connectivity index (χ2v) is 7.48. The number of thiocarbonyl (C=S) groups is 1. The minimum atomic E-state index is 0.141. The molecular formula is C19H31N3OS. The Morgan fingerprint density at radius 3 is 2.42 bits per heavy atom. The highest BCUT2D eigenvalue weighted by molar-refractivity contribution is 7.80. The van der Waals surface area contributed by atoms with Crippen LogP contribution in [0.3, 0.4) is 0 Å². The Morgan fingerprint density at radius 1 is 1.12 bits per heavy atom. The molecule has 0 radical (unpaired) electrons. The molecular weight excluding hydrogens is 318 g/mol. The van der Waals surface area contributed by atoms with Gasteiger partial charge in [-0.25, -0.2) is 0 Å². The minimum absolute atomic E-state index is 0.141. The number of hydrogen-bond acceptors (Lipinski definition) is 3. The molecule has 0 spiro atoms. The van der Waals surface area contributed by atoms with Crippen molar-refractivity contribution in [2.75, 3.05) is 33.3 Å². The van der Waals surface area contributed by atoms with E-state index in [4.69, 9.17) is 17.0 Å². The van der Waals surface area contributed by atoms with Crippen LogP contribution in [0.2, 0.25) is 0 Å². The number of rotatable bonds is 7. The van der Waals surface area contributed by atoms with Gasteiger partial charge < -0.3 is 15.4 Å². The maximum Gasteiger partial charge on any atom is 0.166 e. The highest BCUT2D eigenvalue weighted by atomic mass is 32.1. The number of methoxy groups -OCH3 is 1. The lowest BCUT2D eigenvalue weighted by molar-refractivity contribution is 0.0984. The number of benzene rings is 1. The van der Waals surface area contributed by atoms with Crippen LogP contribution in [0.15, 0.2) is 24.3 Å². The smallest absolute Gasteiger partial charge is 0.166 e. The second kappa shape index (κ2) is 9.23. The van der Waals surface area contributed by atoms with Crippen LogP contribution in [-0.2, 0) is 6.42 Å². The van der Waals surface area contributed by atoms with Crippen molar-refractivity contribution in [3.63, 3.8) is 0 Å². The largest absolute Gasteiger partial charge is 0.497 e. The Labute approximate surface area is 152 Å². The van der Waals surface area contributed by atoms with Crippen LogP contribution < -0.4 is 15.4 Å². The van der Waals surface area contributed by atoms with Crippen molar-refractivity contribution in [3.8, 4) is 5.75 Å². The van der Waals surface area contributed by atoms with Gasteiger partial charge in [0.25, 0.3) is 0 Å². The molecule has 134 valence electrons. The zero-order chi connectivity index (χ0) is 17.4. The molecule has 0 aliphatic carbocycles. The molecule has 0 aromatic heterocycles. The van der Waals surface area contributed by atoms with Crippen molar-refractivity contribution in [3.05, 3.63) is 29.8 Å². The van der Waals surface area contributed by atoms with Crippen LogP contribution >= 0.6 is 12.2 Å². The van der Waals surface area contributed by atoms with Crippen LogP contribution in [0, 0.1) is 0 Å². The Balaban J connectivity index is 1.67. The predicted octanol–water partition coefficient (Wildman–Crippen LogP) is 2.97. The molecule has 0 bridgehead atoms. The van der Waals surface area contributed by atoms with Gasteiger partial charge in [-0.05, 0) is 76.1 Å². The summed E-state index contributed by atoms with van der Waals surface area (Å²) in [6.07, 6.45) is 4.94. The monoisotopic (exact) mass is 349 g/mol. The first-order chi connectivity index (χ1) is 11.5. The lowest BCUT2D eigenvalue weighted by atomic mass is 9.98. The number of ether oxygens (including phenoxy) is 1. The molecule has 1 fully saturated rings. The van der Waals surface area contributed by atoms with Crippen molar-refractivity contribution >= 4 is 17.3 Å². The van der Waals surface area contributed by atoms with Gasteiger partial charge in [0, 0.05) is 18.6 Å². The molecule has 1 aliphatic rings. The summed E-state index contributed by atoms with van der Waals surface area (Å²) >= 11 is 5.42. The van der Waals surface area contributed by atoms with E-state index in [9.17, 15) is 0 Å². The number of nitrogens with one attached hydrogen (secondary N) is 2. The van der Waals surface area contributed by atoms with E-state index in [0.29, 0.717) is 0 Å². The number of nitrogens with zero attached hydrogens (tertiary/aromatic N) is 1. The second-order valence-electron chi connectivity index (χ2n) is 7.07. The van der Waals surface area contributed by atoms with Crippen molar-refractivity contribution in [1.29, 1.82) is 0 Å². The van der Waals surface area contributed by atoms with Crippen molar-refractivity contribution in [2.45, 2.75) is 45.1 Å². The summed E-state index contributed by atoms with van der Waals surface area (Å²) < 4.78 is 5.18. The van der Waals surface area contributed by atoms with Gasteiger partial charge in [-0.15, -0.1) is 0 Å². The molecule has 1 aromatic carbocycles. The number of likely N-dealkylation sites (tertiary alicyclic amines) is 1. The number of piperidine rings is 1. The standard InChI is InChI=1S/C19H31N3OS/c1-19(2,22-13-5-4-6-14-22)15-21-18(24)20-12-11-16-7-9-17(23-3)10-8-16/h7-10H,4-6,11-15H2,1-3H3,(H2,20,21,24). The summed E-state index contributed by atoms with van der Waals surface area (Å²) in [4.78, 5) is 2.57. The summed E-state index contributed by atoms with van der Waals surface area (Å²) in [6, 6.07) is 8.17. The zero-order valence-corrected chi connectivity index (χ0v) is 16.0. The topological polar surface area (TPSA) is 36.5 Å². The van der Waals surface area contributed by atoms with Crippen molar-refractivity contribution < 1.29 is 4.74 Å². The van der Waals surface area contributed by atoms with Gasteiger partial charge in [-0.2, -0.15) is 0 Å². The minimum Gasteiger partial charge on any atom is -0.497 e. The lowest BCUT2D eigenvalue weighted by Crippen LogP contribution is -2.54. The molecule has 4 nitrogen and oxygen atoms in total. The fourth-order valence-corrected chi connectivity index (χ4v) is 3.26. The molecule has 2 rings (SSSR count). The van der Waals surface area contributed by atoms with E-state index in [1.54, 1.807) is 7.11 Å². The number of hydrogen-bond donors (Lipinski definition) is 2. The molecule has 1 aromatic rings. The molecule has 24 heavy (non-hydrogen) atoms. The maximum atomic E-state index is 5.42. The highest BCUT2D eigenvalue weighted by Gasteiger charge is 2.27. The Kier molecular flexibility index (Phi) is 7.31. The average Bonchev–Trinajstić information content (AvgIpc) is 2.61. The third-order valence-corrected chi connectivity index (χ3v) is 5.04. The third-order valence-electron chi connectivity index (χ3n) is 4.75. The fourth-order valence-electron chi connectivity index (χ4n) is 3.08. The highest BCUT2D eigenvalue weighted by Crippen LogP contribution is 2.19. The first-order valence-electron chi connectivity index (χ1n) is 8.91. The Bertz CT molecular complexity index is 510. The molecule has 5 heteroatoms. The third kappa shape index (κ3) is 5.95. The lowest BCUT2D eigenvalue weighted by Gasteiger charge is -2.41. The van der Waals surface area contributed by atoms with Crippen molar-refractivity contribution in [2.24, 2.45) is 0 Å². The Morgan fingerprint density at radius 2 is 1.79 bits per heavy atom. The molecule has 1 heterocycles. The summed E-state index contributed by atoms with van der Waals surface area (Å²) in [6.45, 7) is 8.71. The van der Waals surface area contributed by atoms with Gasteiger partial charge >= 0.3 is 0 Å². The quantitative estimate of drug-likeness (QED) is 0.740. The van der Waals surface area contributed by atoms with E-state index >= 15 is 0 Å². The van der Waals surface area contributed by atoms with E-state index in [0.717, 1.165) is 30.4 Å². The Hall–Kier alpha value is -1.33. The van der Waals surface area contributed by atoms with E-state index in [1.807, 2.05) is 12.1 Å². The van der Waals surface area contributed by atoms with Crippen LogP contribution in [0.25, 0.3) is 0 Å². The zero-order valence-electron chi connectivity index (χ0n) is 15.2. The van der Waals surface area contributed by atoms with Gasteiger partial charge in [0.2, 0.25) is 0 Å². The molecule has 0 atom stereocenters. The fraction of sp³-hybridized carbons (Fsp3) is 0.632. The van der Waals surface area contributed by atoms with E-state index in [-0.39, 0.29) is 5.54 Å². The molecule has 0 unspecified atom stereocenters. The SMILES string of the molecule is COc1ccc(CCNC(=S)NCC(C)(C)N2CCCCC2)cc1. The van der Waals surface area contributed by atoms with E-state index < -0.39 is 0 Å². The summed E-state index contributed by atoms with van der Waals surface area (Å²) in [7, 11) is 1.69. The summed E-state index contributed by atoms with van der Waals surface area (Å²) in [5.74, 6) is 0.892. The van der Waals surface area contributed by atoms with Crippen LogP contribution in [0.1, 0.15) is 38.7 Å². The molecule has 1 aliphatic heterocycles. The maximum absolute atomic E-state index is 5.42. The van der Waals surface area contributed by atoms with Crippen LogP contribution in [-0.4, -0.2) is 48.8 Å². The first-order valence-corrected chi connectivity index (χ1v) is 9.32. The molecule has 0 saturated carbocycles. The van der Waals surface area contributed by atoms with Gasteiger partial charge in [-0.1, -0.05) is 18.6 Å². The summed E-state index contributed by atoms with van der Waals surface area (Å²) in [5, 5.41) is 7.43. The van der Waals surface area contributed by atoms with Gasteiger partial charge in [0.15, 0.2) is 5.11 Å². The summed E-state index contributed by atoms with van der Waals surface area (Å²) in [5.41, 5.74) is 1.42. The van der Waals surface area contributed by atoms with Crippen molar-refractivity contribution in [1.82, 2.24) is 15.5 Å². The molecule has 0 amide bonds. The van der Waals surface area contributed by atoms with Gasteiger partial charge in [0.1, 0.15) is 5.75 Å². The van der Waals surface area contributed by atoms with E-state index in [1.165, 1.54) is 37.9 Å².